The Morgan fingerprint density at radius 1 is 1.38 bits per heavy atom. The summed E-state index contributed by atoms with van der Waals surface area (Å²) in [6, 6.07) is 5.97. The molecule has 1 aliphatic heterocycles. The molecule has 2 atom stereocenters. The first-order valence-electron chi connectivity index (χ1n) is 9.04. The van der Waals surface area contributed by atoms with Gasteiger partial charge in [-0.1, -0.05) is 31.0 Å². The van der Waals surface area contributed by atoms with Gasteiger partial charge >= 0.3 is 0 Å². The minimum atomic E-state index is -0.460. The second-order valence-corrected chi connectivity index (χ2v) is 8.12. The standard InChI is InChI=1S/C19H26ClN3O/c1-13-11-23(10-9-19(13,24)14-5-3-6-14)12-16-18-15(20)7-4-8-17(18)22(2)21-16/h4,7-8,13-14,24H,3,5-6,9-12H2,1-2H3/t13-,19+/m1/s1. The lowest BCUT2D eigenvalue weighted by Crippen LogP contribution is -2.56. The summed E-state index contributed by atoms with van der Waals surface area (Å²) in [7, 11) is 1.97. The number of aliphatic hydroxyl groups is 1. The van der Waals surface area contributed by atoms with Gasteiger partial charge in [-0.05, 0) is 43.2 Å². The van der Waals surface area contributed by atoms with Gasteiger partial charge in [0.05, 0.1) is 21.8 Å². The number of fused-ring (bicyclic) bond motifs is 1. The summed E-state index contributed by atoms with van der Waals surface area (Å²) in [5.41, 5.74) is 1.66. The maximum Gasteiger partial charge on any atom is 0.0858 e. The predicted octanol–water partition coefficient (Wildman–Crippen LogP) is 3.60. The van der Waals surface area contributed by atoms with Gasteiger partial charge in [0.1, 0.15) is 0 Å². The third-order valence-corrected chi connectivity index (χ3v) is 6.61. The smallest absolute Gasteiger partial charge is 0.0858 e. The number of benzene rings is 1. The molecule has 1 aromatic heterocycles. The average molecular weight is 348 g/mol. The van der Waals surface area contributed by atoms with Crippen LogP contribution in [0.5, 0.6) is 0 Å². The van der Waals surface area contributed by atoms with Gasteiger partial charge in [0.25, 0.3) is 0 Å². The van der Waals surface area contributed by atoms with Gasteiger partial charge in [0, 0.05) is 32.1 Å². The van der Waals surface area contributed by atoms with Crippen LogP contribution in [0.25, 0.3) is 10.9 Å². The Bertz CT molecular complexity index is 754. The molecule has 1 saturated heterocycles. The van der Waals surface area contributed by atoms with Crippen molar-refractivity contribution >= 4 is 22.5 Å². The molecule has 4 rings (SSSR count). The summed E-state index contributed by atoms with van der Waals surface area (Å²) in [6.07, 6.45) is 4.54. The minimum Gasteiger partial charge on any atom is -0.389 e. The van der Waals surface area contributed by atoms with Crippen molar-refractivity contribution < 1.29 is 5.11 Å². The van der Waals surface area contributed by atoms with Gasteiger partial charge in [-0.3, -0.25) is 9.58 Å². The molecule has 1 saturated carbocycles. The van der Waals surface area contributed by atoms with E-state index in [2.05, 4.69) is 17.9 Å². The third kappa shape index (κ3) is 2.56. The van der Waals surface area contributed by atoms with Crippen LogP contribution in [-0.2, 0) is 13.6 Å². The van der Waals surface area contributed by atoms with Crippen LogP contribution >= 0.6 is 11.6 Å². The van der Waals surface area contributed by atoms with Gasteiger partial charge in [-0.15, -0.1) is 0 Å². The van der Waals surface area contributed by atoms with Crippen molar-refractivity contribution in [2.45, 2.75) is 44.8 Å². The molecule has 1 aliphatic carbocycles. The molecule has 0 spiro atoms. The van der Waals surface area contributed by atoms with Gasteiger partial charge in [-0.25, -0.2) is 0 Å². The first kappa shape index (κ1) is 16.4. The highest BCUT2D eigenvalue weighted by atomic mass is 35.5. The molecule has 0 radical (unpaired) electrons. The lowest BCUT2D eigenvalue weighted by molar-refractivity contribution is -0.128. The van der Waals surface area contributed by atoms with Crippen LogP contribution < -0.4 is 0 Å². The van der Waals surface area contributed by atoms with Crippen molar-refractivity contribution in [1.29, 1.82) is 0 Å². The van der Waals surface area contributed by atoms with Crippen LogP contribution in [0.3, 0.4) is 0 Å². The molecule has 0 bridgehead atoms. The molecule has 2 heterocycles. The van der Waals surface area contributed by atoms with E-state index in [1.165, 1.54) is 19.3 Å². The summed E-state index contributed by atoms with van der Waals surface area (Å²) >= 11 is 6.42. The van der Waals surface area contributed by atoms with Gasteiger partial charge in [0.2, 0.25) is 0 Å². The fourth-order valence-electron chi connectivity index (χ4n) is 4.55. The first-order valence-corrected chi connectivity index (χ1v) is 9.41. The highest BCUT2D eigenvalue weighted by Gasteiger charge is 2.46. The lowest BCUT2D eigenvalue weighted by atomic mass is 9.65. The Hall–Kier alpha value is -1.10. The van der Waals surface area contributed by atoms with E-state index in [9.17, 15) is 5.11 Å². The molecule has 0 unspecified atom stereocenters. The van der Waals surface area contributed by atoms with Crippen LogP contribution in [-0.4, -0.2) is 38.5 Å². The van der Waals surface area contributed by atoms with E-state index in [0.717, 1.165) is 47.7 Å². The Labute approximate surface area is 148 Å². The molecule has 130 valence electrons. The lowest BCUT2D eigenvalue weighted by Gasteiger charge is -2.50. The van der Waals surface area contributed by atoms with E-state index < -0.39 is 5.60 Å². The van der Waals surface area contributed by atoms with Crippen molar-refractivity contribution in [3.05, 3.63) is 28.9 Å². The summed E-state index contributed by atoms with van der Waals surface area (Å²) in [4.78, 5) is 2.42. The number of nitrogens with zero attached hydrogens (tertiary/aromatic N) is 3. The van der Waals surface area contributed by atoms with Gasteiger partial charge in [0.15, 0.2) is 0 Å². The third-order valence-electron chi connectivity index (χ3n) is 6.30. The van der Waals surface area contributed by atoms with Crippen LogP contribution in [0.1, 0.15) is 38.3 Å². The molecule has 2 fully saturated rings. The second-order valence-electron chi connectivity index (χ2n) is 7.71. The highest BCUT2D eigenvalue weighted by Crippen LogP contribution is 2.44. The fraction of sp³-hybridized carbons (Fsp3) is 0.632. The zero-order chi connectivity index (χ0) is 16.9. The van der Waals surface area contributed by atoms with E-state index in [1.807, 2.05) is 23.9 Å². The number of aromatic nitrogens is 2. The van der Waals surface area contributed by atoms with Gasteiger partial charge < -0.3 is 5.11 Å². The highest BCUT2D eigenvalue weighted by molar-refractivity contribution is 6.35. The Morgan fingerprint density at radius 2 is 2.17 bits per heavy atom. The molecule has 4 nitrogen and oxygen atoms in total. The second kappa shape index (κ2) is 6.01. The number of halogens is 1. The summed E-state index contributed by atoms with van der Waals surface area (Å²) < 4.78 is 1.91. The van der Waals surface area contributed by atoms with Crippen molar-refractivity contribution in [1.82, 2.24) is 14.7 Å². The summed E-state index contributed by atoms with van der Waals surface area (Å²) in [6.45, 7) is 4.86. The number of likely N-dealkylation sites (tertiary alicyclic amines) is 1. The SMILES string of the molecule is C[C@@H]1CN(Cc2nn(C)c3cccc(Cl)c23)CC[C@@]1(O)C1CCC1. The van der Waals surface area contributed by atoms with Crippen LogP contribution in [0.15, 0.2) is 18.2 Å². The maximum atomic E-state index is 11.1. The minimum absolute atomic E-state index is 0.307. The predicted molar refractivity (Wildman–Crippen MR) is 97.1 cm³/mol. The zero-order valence-electron chi connectivity index (χ0n) is 14.5. The molecule has 2 aromatic rings. The van der Waals surface area contributed by atoms with Crippen LogP contribution in [0.2, 0.25) is 5.02 Å². The van der Waals surface area contributed by atoms with Gasteiger partial charge in [-0.2, -0.15) is 5.10 Å². The number of rotatable bonds is 3. The average Bonchev–Trinajstić information content (AvgIpc) is 2.79. The van der Waals surface area contributed by atoms with E-state index >= 15 is 0 Å². The number of piperidine rings is 1. The monoisotopic (exact) mass is 347 g/mol. The van der Waals surface area contributed by atoms with Crippen LogP contribution in [0.4, 0.5) is 0 Å². The van der Waals surface area contributed by atoms with E-state index in [1.54, 1.807) is 0 Å². The van der Waals surface area contributed by atoms with Crippen molar-refractivity contribution in [3.63, 3.8) is 0 Å². The Morgan fingerprint density at radius 3 is 2.83 bits per heavy atom. The van der Waals surface area contributed by atoms with Crippen LogP contribution in [0, 0.1) is 11.8 Å². The maximum absolute atomic E-state index is 11.1. The van der Waals surface area contributed by atoms with E-state index in [4.69, 9.17) is 16.7 Å². The molecular weight excluding hydrogens is 322 g/mol. The van der Waals surface area contributed by atoms with E-state index in [-0.39, 0.29) is 0 Å². The first-order chi connectivity index (χ1) is 11.5. The topological polar surface area (TPSA) is 41.3 Å². The Balaban J connectivity index is 1.53. The zero-order valence-corrected chi connectivity index (χ0v) is 15.3. The molecule has 5 heteroatoms. The molecule has 24 heavy (non-hydrogen) atoms. The Kier molecular flexibility index (Phi) is 4.10. The van der Waals surface area contributed by atoms with E-state index in [0.29, 0.717) is 11.8 Å². The fourth-order valence-corrected chi connectivity index (χ4v) is 4.83. The number of hydrogen-bond acceptors (Lipinski definition) is 3. The molecule has 0 amide bonds. The number of hydrogen-bond donors (Lipinski definition) is 1. The number of aryl methyl sites for hydroxylation is 1. The largest absolute Gasteiger partial charge is 0.389 e. The van der Waals surface area contributed by atoms with Crippen molar-refractivity contribution in [3.8, 4) is 0 Å². The van der Waals surface area contributed by atoms with Crippen molar-refractivity contribution in [2.24, 2.45) is 18.9 Å². The molecule has 2 aliphatic rings. The molecular formula is C19H26ClN3O. The summed E-state index contributed by atoms with van der Waals surface area (Å²) in [5, 5.41) is 17.6. The normalized spacial score (nSPS) is 29.1. The summed E-state index contributed by atoms with van der Waals surface area (Å²) in [5.74, 6) is 0.821. The molecule has 1 aromatic carbocycles. The van der Waals surface area contributed by atoms with Crippen molar-refractivity contribution in [2.75, 3.05) is 13.1 Å². The quantitative estimate of drug-likeness (QED) is 0.922. The molecule has 1 N–H and O–H groups in total.